The van der Waals surface area contributed by atoms with E-state index in [0.29, 0.717) is 11.8 Å². The van der Waals surface area contributed by atoms with Gasteiger partial charge in [0.05, 0.1) is 14.2 Å². The maximum atomic E-state index is 5.32. The molecule has 0 radical (unpaired) electrons. The van der Waals surface area contributed by atoms with Crippen molar-refractivity contribution >= 4 is 0 Å². The predicted molar refractivity (Wildman–Crippen MR) is 70.1 cm³/mol. The van der Waals surface area contributed by atoms with Crippen molar-refractivity contribution in [1.29, 1.82) is 0 Å². The molecular formula is C13H21N3O2. The summed E-state index contributed by atoms with van der Waals surface area (Å²) in [5.74, 6) is 1.25. The zero-order valence-corrected chi connectivity index (χ0v) is 11.3. The van der Waals surface area contributed by atoms with E-state index in [0.717, 1.165) is 38.3 Å². The molecule has 0 saturated carbocycles. The van der Waals surface area contributed by atoms with E-state index < -0.39 is 0 Å². The third-order valence-electron chi connectivity index (χ3n) is 3.31. The fraction of sp³-hybridized carbons (Fsp3) is 0.615. The Labute approximate surface area is 108 Å². The fourth-order valence-electron chi connectivity index (χ4n) is 2.11. The summed E-state index contributed by atoms with van der Waals surface area (Å²) in [6.45, 7) is 5.29. The van der Waals surface area contributed by atoms with E-state index >= 15 is 0 Å². The second-order valence-corrected chi connectivity index (χ2v) is 4.60. The lowest BCUT2D eigenvalue weighted by molar-refractivity contribution is 0.146. The summed E-state index contributed by atoms with van der Waals surface area (Å²) >= 11 is 0. The fourth-order valence-corrected chi connectivity index (χ4v) is 2.11. The van der Waals surface area contributed by atoms with Crippen molar-refractivity contribution in [2.45, 2.75) is 6.54 Å². The number of piperazine rings is 1. The van der Waals surface area contributed by atoms with Crippen LogP contribution in [0.4, 0.5) is 0 Å². The molecule has 5 nitrogen and oxygen atoms in total. The van der Waals surface area contributed by atoms with Crippen molar-refractivity contribution in [2.75, 3.05) is 47.4 Å². The van der Waals surface area contributed by atoms with Crippen LogP contribution in [0.15, 0.2) is 12.1 Å². The van der Waals surface area contributed by atoms with Crippen molar-refractivity contribution in [3.8, 4) is 11.8 Å². The molecule has 1 fully saturated rings. The first-order valence-corrected chi connectivity index (χ1v) is 6.21. The van der Waals surface area contributed by atoms with E-state index in [4.69, 9.17) is 9.47 Å². The number of pyridine rings is 1. The van der Waals surface area contributed by atoms with Gasteiger partial charge in [-0.1, -0.05) is 0 Å². The Bertz CT molecular complexity index is 390. The van der Waals surface area contributed by atoms with Gasteiger partial charge in [0.2, 0.25) is 11.8 Å². The number of nitrogens with zero attached hydrogens (tertiary/aromatic N) is 3. The lowest BCUT2D eigenvalue weighted by atomic mass is 10.2. The molecule has 5 heteroatoms. The van der Waals surface area contributed by atoms with Gasteiger partial charge in [-0.15, -0.1) is 0 Å². The molecule has 0 aromatic carbocycles. The van der Waals surface area contributed by atoms with Crippen LogP contribution in [0.2, 0.25) is 0 Å². The van der Waals surface area contributed by atoms with Gasteiger partial charge in [-0.25, -0.2) is 0 Å². The third-order valence-corrected chi connectivity index (χ3v) is 3.31. The number of rotatable bonds is 4. The number of aromatic nitrogens is 1. The molecule has 0 N–H and O–H groups in total. The summed E-state index contributed by atoms with van der Waals surface area (Å²) in [5.41, 5.74) is 1.11. The van der Waals surface area contributed by atoms with Crippen LogP contribution in [-0.2, 0) is 6.54 Å². The SMILES string of the molecule is COc1ccc(CN2CCN(C)CC2)c(OC)n1. The third kappa shape index (κ3) is 3.11. The van der Waals surface area contributed by atoms with Crippen molar-refractivity contribution in [1.82, 2.24) is 14.8 Å². The molecule has 1 aliphatic heterocycles. The Morgan fingerprint density at radius 3 is 2.44 bits per heavy atom. The van der Waals surface area contributed by atoms with Gasteiger partial charge >= 0.3 is 0 Å². The molecule has 0 atom stereocenters. The van der Waals surface area contributed by atoms with Crippen molar-refractivity contribution in [3.05, 3.63) is 17.7 Å². The van der Waals surface area contributed by atoms with Crippen LogP contribution < -0.4 is 9.47 Å². The minimum absolute atomic E-state index is 0.592. The predicted octanol–water partition coefficient (Wildman–Crippen LogP) is 0.846. The van der Waals surface area contributed by atoms with E-state index in [9.17, 15) is 0 Å². The first-order valence-electron chi connectivity index (χ1n) is 6.21. The molecule has 1 aromatic rings. The van der Waals surface area contributed by atoms with Gasteiger partial charge in [0.15, 0.2) is 0 Å². The number of hydrogen-bond donors (Lipinski definition) is 0. The molecule has 0 spiro atoms. The number of hydrogen-bond acceptors (Lipinski definition) is 5. The van der Waals surface area contributed by atoms with Crippen molar-refractivity contribution in [2.24, 2.45) is 0 Å². The number of methoxy groups -OCH3 is 2. The zero-order chi connectivity index (χ0) is 13.0. The average molecular weight is 251 g/mol. The Morgan fingerprint density at radius 1 is 1.11 bits per heavy atom. The number of likely N-dealkylation sites (N-methyl/N-ethyl adjacent to an activating group) is 1. The van der Waals surface area contributed by atoms with Crippen molar-refractivity contribution < 1.29 is 9.47 Å². The molecule has 0 bridgehead atoms. The van der Waals surface area contributed by atoms with Gasteiger partial charge in [0.25, 0.3) is 0 Å². The normalized spacial score (nSPS) is 17.7. The minimum atomic E-state index is 0.592. The molecule has 2 rings (SSSR count). The van der Waals surface area contributed by atoms with Crippen LogP contribution in [0.5, 0.6) is 11.8 Å². The summed E-state index contributed by atoms with van der Waals surface area (Å²) in [6.07, 6.45) is 0. The summed E-state index contributed by atoms with van der Waals surface area (Å²) in [7, 11) is 5.42. The van der Waals surface area contributed by atoms with Crippen LogP contribution in [0.25, 0.3) is 0 Å². The standard InChI is InChI=1S/C13H21N3O2/c1-15-6-8-16(9-7-15)10-11-4-5-12(17-2)14-13(11)18-3/h4-5H,6-10H2,1-3H3. The highest BCUT2D eigenvalue weighted by atomic mass is 16.5. The van der Waals surface area contributed by atoms with Crippen molar-refractivity contribution in [3.63, 3.8) is 0 Å². The Morgan fingerprint density at radius 2 is 1.83 bits per heavy atom. The molecule has 1 saturated heterocycles. The Balaban J connectivity index is 2.04. The first-order chi connectivity index (χ1) is 8.72. The second-order valence-electron chi connectivity index (χ2n) is 4.60. The van der Waals surface area contributed by atoms with Gasteiger partial charge in [-0.2, -0.15) is 4.98 Å². The lowest BCUT2D eigenvalue weighted by Crippen LogP contribution is -2.43. The molecule has 100 valence electrons. The Kier molecular flexibility index (Phi) is 4.38. The minimum Gasteiger partial charge on any atom is -0.481 e. The molecule has 0 aliphatic carbocycles. The molecule has 1 aliphatic rings. The van der Waals surface area contributed by atoms with Gasteiger partial charge in [-0.05, 0) is 13.1 Å². The van der Waals surface area contributed by atoms with E-state index in [2.05, 4.69) is 21.8 Å². The summed E-state index contributed by atoms with van der Waals surface area (Å²) in [4.78, 5) is 9.08. The quantitative estimate of drug-likeness (QED) is 0.793. The van der Waals surface area contributed by atoms with E-state index in [1.54, 1.807) is 14.2 Å². The van der Waals surface area contributed by atoms with Crippen LogP contribution in [0.1, 0.15) is 5.56 Å². The van der Waals surface area contributed by atoms with Gasteiger partial charge < -0.3 is 14.4 Å². The topological polar surface area (TPSA) is 37.8 Å². The van der Waals surface area contributed by atoms with Crippen LogP contribution in [0, 0.1) is 0 Å². The molecule has 18 heavy (non-hydrogen) atoms. The monoisotopic (exact) mass is 251 g/mol. The van der Waals surface area contributed by atoms with E-state index in [1.807, 2.05) is 12.1 Å². The molecule has 2 heterocycles. The molecule has 0 unspecified atom stereocenters. The van der Waals surface area contributed by atoms with Crippen LogP contribution >= 0.6 is 0 Å². The highest BCUT2D eigenvalue weighted by Crippen LogP contribution is 2.21. The summed E-state index contributed by atoms with van der Waals surface area (Å²) < 4.78 is 10.4. The van der Waals surface area contributed by atoms with E-state index in [1.165, 1.54) is 0 Å². The lowest BCUT2D eigenvalue weighted by Gasteiger charge is -2.32. The molecule has 0 amide bonds. The largest absolute Gasteiger partial charge is 0.481 e. The maximum Gasteiger partial charge on any atom is 0.220 e. The zero-order valence-electron chi connectivity index (χ0n) is 11.3. The second kappa shape index (κ2) is 6.02. The highest BCUT2D eigenvalue weighted by molar-refractivity contribution is 5.30. The summed E-state index contributed by atoms with van der Waals surface area (Å²) in [6, 6.07) is 3.91. The molecule has 1 aromatic heterocycles. The highest BCUT2D eigenvalue weighted by Gasteiger charge is 2.16. The van der Waals surface area contributed by atoms with Gasteiger partial charge in [0.1, 0.15) is 0 Å². The van der Waals surface area contributed by atoms with Gasteiger partial charge in [0, 0.05) is 44.4 Å². The Hall–Kier alpha value is -1.33. The average Bonchev–Trinajstić information content (AvgIpc) is 2.41. The number of ether oxygens (including phenoxy) is 2. The van der Waals surface area contributed by atoms with Gasteiger partial charge in [-0.3, -0.25) is 4.90 Å². The summed E-state index contributed by atoms with van der Waals surface area (Å²) in [5, 5.41) is 0. The molecular weight excluding hydrogens is 230 g/mol. The first kappa shape index (κ1) is 13.1. The van der Waals surface area contributed by atoms with E-state index in [-0.39, 0.29) is 0 Å². The van der Waals surface area contributed by atoms with Crippen LogP contribution in [0.3, 0.4) is 0 Å². The maximum absolute atomic E-state index is 5.32. The van der Waals surface area contributed by atoms with Crippen LogP contribution in [-0.4, -0.2) is 62.2 Å². The smallest absolute Gasteiger partial charge is 0.220 e.